The molecule has 3 nitrogen and oxygen atoms in total. The van der Waals surface area contributed by atoms with Gasteiger partial charge in [-0.05, 0) is 289 Å². The van der Waals surface area contributed by atoms with Gasteiger partial charge in [0.1, 0.15) is 11.2 Å². The van der Waals surface area contributed by atoms with Crippen LogP contribution < -0.4 is 9.80 Å². The molecule has 15 aromatic rings. The summed E-state index contributed by atoms with van der Waals surface area (Å²) in [6, 6.07) is 113. The summed E-state index contributed by atoms with van der Waals surface area (Å²) in [4.78, 5) is 4.79. The Kier molecular flexibility index (Phi) is 12.9. The zero-order valence-corrected chi connectivity index (χ0v) is 56.9. The molecule has 0 aliphatic heterocycles. The number of nitrogens with zero attached hydrogens (tertiary/aromatic N) is 2. The topological polar surface area (TPSA) is 19.6 Å². The molecule has 10 aliphatic rings. The van der Waals surface area contributed by atoms with E-state index in [0.717, 1.165) is 86.3 Å². The number of benzene rings is 14. The van der Waals surface area contributed by atoms with Crippen LogP contribution in [0.5, 0.6) is 0 Å². The lowest BCUT2D eigenvalue weighted by molar-refractivity contribution is -0.0399. The lowest BCUT2D eigenvalue weighted by atomic mass is 9.43. The summed E-state index contributed by atoms with van der Waals surface area (Å²) in [5, 5.41) is 9.78. The molecule has 3 heteroatoms. The molecule has 8 bridgehead atoms. The summed E-state index contributed by atoms with van der Waals surface area (Å²) >= 11 is 0. The highest BCUT2D eigenvalue weighted by molar-refractivity contribution is 6.07. The minimum atomic E-state index is 0.178. The van der Waals surface area contributed by atoms with E-state index in [1.807, 2.05) is 6.07 Å². The van der Waals surface area contributed by atoms with Crippen LogP contribution >= 0.6 is 0 Å². The molecule has 0 radical (unpaired) electrons. The van der Waals surface area contributed by atoms with Crippen LogP contribution in [0.1, 0.15) is 86.5 Å². The van der Waals surface area contributed by atoms with E-state index in [0.29, 0.717) is 0 Å². The zero-order valence-electron chi connectivity index (χ0n) is 56.9. The Morgan fingerprint density at radius 1 is 0.238 bits per heavy atom. The van der Waals surface area contributed by atoms with E-state index >= 15 is 0 Å². The predicted molar refractivity (Wildman–Crippen MR) is 419 cm³/mol. The monoisotopic (exact) mass is 1300 g/mol. The van der Waals surface area contributed by atoms with Crippen molar-refractivity contribution >= 4 is 88.4 Å². The van der Waals surface area contributed by atoms with Crippen molar-refractivity contribution in [2.75, 3.05) is 9.80 Å². The first-order valence-corrected chi connectivity index (χ1v) is 37.6. The predicted octanol–water partition coefficient (Wildman–Crippen LogP) is 26.5. The first-order valence-electron chi connectivity index (χ1n) is 37.6. The third-order valence-electron chi connectivity index (χ3n) is 26.6. The fourth-order valence-corrected chi connectivity index (χ4v) is 23.2. The lowest BCUT2D eigenvalue weighted by Gasteiger charge is -2.61. The molecule has 8 fully saturated rings. The quantitative estimate of drug-likeness (QED) is 0.151. The Morgan fingerprint density at radius 2 is 0.564 bits per heavy atom. The standard InChI is InChI=1S/C50H39NO.C48H39N/c1-2-9-35-29-39(21-16-33(35)8-1)51(40-22-23-43-42-10-4-6-15-47(42)52-48(43)30-40)38-19-17-34(18-20-38)41-12-7-14-46-49(41)44-11-3-5-13-45(44)50(46)36-25-31-24-32(27-36)28-37(50)26-31;1-3-10-36-29-41(22-16-33(36)8-1)49(42-23-17-34-9-2-4-11-37(34)30-42)40-20-18-35(19-21-40)43-13-7-15-46-47(43)44-12-5-6-14-45(44)48(46)38-25-31-24-32(27-38)28-39(48)26-31/h1-23,29-32,36-37H,24-28H2;1-23,29-32,38-39H,24-28H2. The molecule has 0 saturated heterocycles. The number of fused-ring (bicyclic) bond motifs is 12. The van der Waals surface area contributed by atoms with Crippen molar-refractivity contribution in [3.63, 3.8) is 0 Å². The van der Waals surface area contributed by atoms with Crippen molar-refractivity contribution < 1.29 is 4.42 Å². The van der Waals surface area contributed by atoms with Crippen LogP contribution in [0.25, 0.3) is 98.8 Å². The second kappa shape index (κ2) is 22.4. The molecule has 2 spiro atoms. The van der Waals surface area contributed by atoms with Gasteiger partial charge in [-0.1, -0.05) is 218 Å². The average Bonchev–Trinajstić information content (AvgIpc) is 1.55. The SMILES string of the molecule is c1ccc2c(c1)-c1c(-c3ccc(N(c4ccc5ccccc5c4)c4ccc5c(c4)oc4ccccc45)cc3)cccc1C21C2CC3CC(C2)CC1C3.c1ccc2c(c1)-c1c(-c3ccc(N(c4ccc5ccccc5c4)c4ccc5ccccc5c4)cc3)cccc1C21C2CC3CC(C2)CC1C3. The summed E-state index contributed by atoms with van der Waals surface area (Å²) in [5.41, 5.74) is 26.8. The van der Waals surface area contributed by atoms with Gasteiger partial charge in [-0.3, -0.25) is 0 Å². The molecule has 486 valence electrons. The molecule has 0 amide bonds. The maximum Gasteiger partial charge on any atom is 0.137 e. The van der Waals surface area contributed by atoms with Gasteiger partial charge in [0.15, 0.2) is 0 Å². The second-order valence-electron chi connectivity index (χ2n) is 31.5. The van der Waals surface area contributed by atoms with Crippen molar-refractivity contribution in [1.82, 2.24) is 0 Å². The van der Waals surface area contributed by atoms with Crippen LogP contribution in [0.15, 0.2) is 308 Å². The van der Waals surface area contributed by atoms with E-state index in [1.54, 1.807) is 22.3 Å². The van der Waals surface area contributed by atoms with Crippen molar-refractivity contribution in [3.8, 4) is 44.5 Å². The van der Waals surface area contributed by atoms with Crippen LogP contribution in [0.4, 0.5) is 34.1 Å². The average molecular weight is 1300 g/mol. The van der Waals surface area contributed by atoms with Gasteiger partial charge in [-0.15, -0.1) is 0 Å². The number of rotatable bonds is 8. The van der Waals surface area contributed by atoms with Gasteiger partial charge >= 0.3 is 0 Å². The van der Waals surface area contributed by atoms with E-state index in [1.165, 1.54) is 158 Å². The number of furan rings is 1. The van der Waals surface area contributed by atoms with E-state index in [4.69, 9.17) is 4.42 Å². The van der Waals surface area contributed by atoms with Crippen molar-refractivity contribution in [1.29, 1.82) is 0 Å². The highest BCUT2D eigenvalue weighted by Gasteiger charge is 2.63. The zero-order chi connectivity index (χ0) is 66.1. The van der Waals surface area contributed by atoms with Crippen LogP contribution in [0, 0.1) is 47.3 Å². The van der Waals surface area contributed by atoms with Crippen LogP contribution in [-0.2, 0) is 10.8 Å². The first kappa shape index (κ1) is 58.1. The number of para-hydroxylation sites is 1. The van der Waals surface area contributed by atoms with Crippen LogP contribution in [-0.4, -0.2) is 0 Å². The molecule has 0 atom stereocenters. The Bertz CT molecular complexity index is 5720. The Morgan fingerprint density at radius 3 is 1.00 bits per heavy atom. The summed E-state index contributed by atoms with van der Waals surface area (Å²) in [6.07, 6.45) is 14.3. The number of hydrogen-bond acceptors (Lipinski definition) is 3. The summed E-state index contributed by atoms with van der Waals surface area (Å²) < 4.78 is 6.39. The third kappa shape index (κ3) is 8.72. The van der Waals surface area contributed by atoms with Crippen molar-refractivity contribution in [2.24, 2.45) is 47.3 Å². The highest BCUT2D eigenvalue weighted by atomic mass is 16.3. The maximum atomic E-state index is 6.39. The fourth-order valence-electron chi connectivity index (χ4n) is 23.2. The van der Waals surface area contributed by atoms with Gasteiger partial charge in [-0.25, -0.2) is 0 Å². The Hall–Kier alpha value is -10.7. The molecule has 0 N–H and O–H groups in total. The second-order valence-corrected chi connectivity index (χ2v) is 31.5. The van der Waals surface area contributed by atoms with Crippen LogP contribution in [0.3, 0.4) is 0 Å². The van der Waals surface area contributed by atoms with E-state index in [2.05, 4.69) is 307 Å². The summed E-state index contributed by atoms with van der Waals surface area (Å²) in [5.74, 6) is 6.88. The molecular weight excluding hydrogens is 1220 g/mol. The first-order chi connectivity index (χ1) is 50.0. The Labute approximate surface area is 591 Å². The van der Waals surface area contributed by atoms with E-state index in [-0.39, 0.29) is 10.8 Å². The molecule has 101 heavy (non-hydrogen) atoms. The molecule has 1 aromatic heterocycles. The Balaban J connectivity index is 0.000000128. The van der Waals surface area contributed by atoms with Crippen molar-refractivity contribution in [2.45, 2.75) is 75.0 Å². The van der Waals surface area contributed by atoms with Gasteiger partial charge in [-0.2, -0.15) is 0 Å². The molecule has 25 rings (SSSR count). The van der Waals surface area contributed by atoms with Crippen molar-refractivity contribution in [3.05, 3.63) is 326 Å². The minimum Gasteiger partial charge on any atom is -0.456 e. The number of anilines is 6. The van der Waals surface area contributed by atoms with Crippen LogP contribution in [0.2, 0.25) is 0 Å². The number of hydrogen-bond donors (Lipinski definition) is 0. The highest BCUT2D eigenvalue weighted by Crippen LogP contribution is 2.72. The molecule has 14 aromatic carbocycles. The van der Waals surface area contributed by atoms with Gasteiger partial charge < -0.3 is 14.2 Å². The molecule has 10 aliphatic carbocycles. The van der Waals surface area contributed by atoms with Gasteiger partial charge in [0.2, 0.25) is 0 Å². The lowest BCUT2D eigenvalue weighted by Crippen LogP contribution is -2.55. The van der Waals surface area contributed by atoms with E-state index in [9.17, 15) is 0 Å². The molecular formula is C98H78N2O. The smallest absolute Gasteiger partial charge is 0.137 e. The molecule has 0 unspecified atom stereocenters. The summed E-state index contributed by atoms with van der Waals surface area (Å²) in [6.45, 7) is 0. The summed E-state index contributed by atoms with van der Waals surface area (Å²) in [7, 11) is 0. The largest absolute Gasteiger partial charge is 0.456 e. The van der Waals surface area contributed by atoms with Gasteiger partial charge in [0.05, 0.1) is 0 Å². The minimum absolute atomic E-state index is 0.178. The fraction of sp³-hybridized carbons (Fsp3) is 0.204. The normalized spacial score (nSPS) is 24.1. The maximum absolute atomic E-state index is 6.39. The molecule has 1 heterocycles. The third-order valence-corrected chi connectivity index (χ3v) is 26.6. The van der Waals surface area contributed by atoms with E-state index < -0.39 is 0 Å². The molecule has 8 saturated carbocycles. The van der Waals surface area contributed by atoms with Gasteiger partial charge in [0.25, 0.3) is 0 Å². The van der Waals surface area contributed by atoms with Gasteiger partial charge in [0, 0.05) is 61.8 Å².